The van der Waals surface area contributed by atoms with Crippen LogP contribution in [0.25, 0.3) is 5.57 Å². The molecular weight excluding hydrogens is 301 g/mol. The van der Waals surface area contributed by atoms with Crippen LogP contribution >= 0.6 is 11.3 Å². The molecule has 22 heavy (non-hydrogen) atoms. The first-order chi connectivity index (χ1) is 10.5. The zero-order valence-corrected chi connectivity index (χ0v) is 13.0. The van der Waals surface area contributed by atoms with Gasteiger partial charge in [0.15, 0.2) is 0 Å². The van der Waals surface area contributed by atoms with Crippen LogP contribution in [-0.4, -0.2) is 33.9 Å². The molecule has 0 spiro atoms. The highest BCUT2D eigenvalue weighted by Gasteiger charge is 2.29. The Morgan fingerprint density at radius 3 is 2.73 bits per heavy atom. The molecule has 6 heteroatoms. The molecule has 1 aromatic carbocycles. The maximum atomic E-state index is 12.9. The van der Waals surface area contributed by atoms with Crippen LogP contribution in [0.3, 0.4) is 0 Å². The lowest BCUT2D eigenvalue weighted by Gasteiger charge is -2.18. The molecule has 1 aliphatic heterocycles. The van der Waals surface area contributed by atoms with Gasteiger partial charge in [-0.3, -0.25) is 5.41 Å². The van der Waals surface area contributed by atoms with Crippen molar-refractivity contribution in [2.45, 2.75) is 13.3 Å². The van der Waals surface area contributed by atoms with E-state index in [1.807, 2.05) is 17.2 Å². The van der Waals surface area contributed by atoms with E-state index < -0.39 is 0 Å². The molecule has 0 unspecified atom stereocenters. The van der Waals surface area contributed by atoms with Crippen LogP contribution in [0.5, 0.6) is 0 Å². The number of thiazole rings is 1. The molecule has 0 fully saturated rings. The monoisotopic (exact) mass is 317 g/mol. The second-order valence-electron chi connectivity index (χ2n) is 5.26. The number of nitrogens with zero attached hydrogens (tertiary/aromatic N) is 2. The van der Waals surface area contributed by atoms with Crippen LogP contribution in [0.1, 0.15) is 16.3 Å². The van der Waals surface area contributed by atoms with Crippen LogP contribution in [-0.2, 0) is 6.42 Å². The largest absolute Gasteiger partial charge is 0.510 e. The summed E-state index contributed by atoms with van der Waals surface area (Å²) in [6, 6.07) is 6.36. The number of aromatic nitrogens is 1. The van der Waals surface area contributed by atoms with Gasteiger partial charge in [-0.15, -0.1) is 11.3 Å². The number of aryl methyl sites for hydroxylation is 1. The zero-order chi connectivity index (χ0) is 15.7. The summed E-state index contributed by atoms with van der Waals surface area (Å²) in [7, 11) is 0. The van der Waals surface area contributed by atoms with Crippen LogP contribution in [0.2, 0.25) is 0 Å². The lowest BCUT2D eigenvalue weighted by molar-refractivity contribution is 0.351. The van der Waals surface area contributed by atoms with Gasteiger partial charge in [0.05, 0.1) is 12.1 Å². The van der Waals surface area contributed by atoms with Gasteiger partial charge in [0.1, 0.15) is 22.4 Å². The average molecular weight is 317 g/mol. The van der Waals surface area contributed by atoms with Gasteiger partial charge in [-0.05, 0) is 31.0 Å². The lowest BCUT2D eigenvalue weighted by atomic mass is 10.1. The van der Waals surface area contributed by atoms with Crippen molar-refractivity contribution in [1.29, 1.82) is 5.41 Å². The molecule has 1 aromatic heterocycles. The Kier molecular flexibility index (Phi) is 3.94. The van der Waals surface area contributed by atoms with Crippen molar-refractivity contribution in [1.82, 2.24) is 9.88 Å². The van der Waals surface area contributed by atoms with E-state index in [2.05, 4.69) is 4.98 Å². The number of halogens is 1. The molecule has 2 heterocycles. The molecule has 2 aromatic rings. The maximum Gasteiger partial charge on any atom is 0.135 e. The molecule has 114 valence electrons. The van der Waals surface area contributed by atoms with Gasteiger partial charge in [0.25, 0.3) is 0 Å². The van der Waals surface area contributed by atoms with Gasteiger partial charge < -0.3 is 10.0 Å². The predicted molar refractivity (Wildman–Crippen MR) is 85.8 cm³/mol. The molecule has 1 aliphatic rings. The Morgan fingerprint density at radius 2 is 2.09 bits per heavy atom. The summed E-state index contributed by atoms with van der Waals surface area (Å²) in [4.78, 5) is 6.16. The predicted octanol–water partition coefficient (Wildman–Crippen LogP) is 3.40. The van der Waals surface area contributed by atoms with E-state index in [4.69, 9.17) is 5.41 Å². The third-order valence-corrected chi connectivity index (χ3v) is 4.58. The normalized spacial score (nSPS) is 15.0. The topological polar surface area (TPSA) is 60.2 Å². The molecule has 0 atom stereocenters. The summed E-state index contributed by atoms with van der Waals surface area (Å²) in [5.41, 5.74) is 2.42. The van der Waals surface area contributed by atoms with Crippen molar-refractivity contribution in [2.75, 3.05) is 13.1 Å². The van der Waals surface area contributed by atoms with Crippen LogP contribution < -0.4 is 0 Å². The van der Waals surface area contributed by atoms with Crippen molar-refractivity contribution < 1.29 is 9.50 Å². The zero-order valence-electron chi connectivity index (χ0n) is 12.1. The summed E-state index contributed by atoms with van der Waals surface area (Å²) < 4.78 is 12.9. The molecular formula is C16H16FN3OS. The van der Waals surface area contributed by atoms with E-state index in [0.717, 1.165) is 11.3 Å². The smallest absolute Gasteiger partial charge is 0.135 e. The van der Waals surface area contributed by atoms with Gasteiger partial charge in [0.2, 0.25) is 0 Å². The fraction of sp³-hybridized carbons (Fsp3) is 0.250. The molecule has 0 saturated carbocycles. The fourth-order valence-corrected chi connectivity index (χ4v) is 3.30. The van der Waals surface area contributed by atoms with E-state index in [9.17, 15) is 9.50 Å². The van der Waals surface area contributed by atoms with Gasteiger partial charge in [-0.2, -0.15) is 0 Å². The molecule has 4 nitrogen and oxygen atoms in total. The van der Waals surface area contributed by atoms with Gasteiger partial charge >= 0.3 is 0 Å². The van der Waals surface area contributed by atoms with Gasteiger partial charge in [0, 0.05) is 17.6 Å². The fourth-order valence-electron chi connectivity index (χ4n) is 2.43. The Hall–Kier alpha value is -2.21. The standard InChI is InChI=1S/C16H16FN3OS/c1-10-9-22-16(19-10)14-13(21)8-20(15(14)18)7-6-11-2-4-12(17)5-3-11/h2-5,9,18,21H,6-8H2,1H3. The second kappa shape index (κ2) is 5.88. The third kappa shape index (κ3) is 2.87. The van der Waals surface area contributed by atoms with E-state index in [-0.39, 0.29) is 11.6 Å². The minimum Gasteiger partial charge on any atom is -0.510 e. The number of benzene rings is 1. The Morgan fingerprint density at radius 1 is 1.36 bits per heavy atom. The third-order valence-electron chi connectivity index (χ3n) is 3.60. The van der Waals surface area contributed by atoms with Gasteiger partial charge in [-0.1, -0.05) is 12.1 Å². The number of aliphatic hydroxyl groups excluding tert-OH is 1. The number of rotatable bonds is 4. The summed E-state index contributed by atoms with van der Waals surface area (Å²) >= 11 is 1.43. The van der Waals surface area contributed by atoms with E-state index in [1.54, 1.807) is 12.1 Å². The van der Waals surface area contributed by atoms with E-state index in [0.29, 0.717) is 35.9 Å². The number of nitrogens with one attached hydrogen (secondary N) is 1. The van der Waals surface area contributed by atoms with Gasteiger partial charge in [-0.25, -0.2) is 9.37 Å². The minimum atomic E-state index is -0.251. The maximum absolute atomic E-state index is 12.9. The van der Waals surface area contributed by atoms with Crippen LogP contribution in [0.4, 0.5) is 4.39 Å². The average Bonchev–Trinajstić information content (AvgIpc) is 3.02. The highest BCUT2D eigenvalue weighted by molar-refractivity contribution is 7.11. The molecule has 0 aliphatic carbocycles. The van der Waals surface area contributed by atoms with Crippen LogP contribution in [0, 0.1) is 18.2 Å². The van der Waals surface area contributed by atoms with Crippen molar-refractivity contribution in [2.24, 2.45) is 0 Å². The molecule has 0 saturated heterocycles. The van der Waals surface area contributed by atoms with E-state index in [1.165, 1.54) is 23.5 Å². The number of aliphatic hydroxyl groups is 1. The van der Waals surface area contributed by atoms with Crippen molar-refractivity contribution in [3.8, 4) is 0 Å². The Balaban J connectivity index is 1.68. The van der Waals surface area contributed by atoms with E-state index >= 15 is 0 Å². The second-order valence-corrected chi connectivity index (χ2v) is 6.12. The minimum absolute atomic E-state index is 0.193. The summed E-state index contributed by atoms with van der Waals surface area (Å²) in [5.74, 6) is 0.242. The van der Waals surface area contributed by atoms with Crippen molar-refractivity contribution >= 4 is 22.7 Å². The molecule has 2 N–H and O–H groups in total. The Bertz CT molecular complexity index is 736. The number of hydrogen-bond donors (Lipinski definition) is 2. The van der Waals surface area contributed by atoms with Crippen molar-refractivity contribution in [3.63, 3.8) is 0 Å². The first-order valence-corrected chi connectivity index (χ1v) is 7.85. The lowest BCUT2D eigenvalue weighted by Crippen LogP contribution is -2.28. The first-order valence-electron chi connectivity index (χ1n) is 6.97. The highest BCUT2D eigenvalue weighted by atomic mass is 32.1. The molecule has 0 radical (unpaired) electrons. The number of amidine groups is 1. The highest BCUT2D eigenvalue weighted by Crippen LogP contribution is 2.29. The first kappa shape index (κ1) is 14.7. The Labute approximate surface area is 132 Å². The molecule has 0 amide bonds. The molecule has 0 bridgehead atoms. The SMILES string of the molecule is Cc1csc(C2=C(O)CN(CCc3ccc(F)cc3)C2=N)n1. The summed E-state index contributed by atoms with van der Waals surface area (Å²) in [6.07, 6.45) is 0.695. The van der Waals surface area contributed by atoms with Crippen molar-refractivity contribution in [3.05, 3.63) is 57.5 Å². The summed E-state index contributed by atoms with van der Waals surface area (Å²) in [6.45, 7) is 2.82. The molecule has 3 rings (SSSR count). The quantitative estimate of drug-likeness (QED) is 0.908. The number of hydrogen-bond acceptors (Lipinski definition) is 4. The van der Waals surface area contributed by atoms with Crippen LogP contribution in [0.15, 0.2) is 35.4 Å². The summed E-state index contributed by atoms with van der Waals surface area (Å²) in [5, 5.41) is 21.0.